The minimum Gasteiger partial charge on any atom is -0.478 e. The number of amides is 1. The van der Waals surface area contributed by atoms with Gasteiger partial charge < -0.3 is 15.4 Å². The molecule has 24 heavy (non-hydrogen) atoms. The zero-order valence-electron chi connectivity index (χ0n) is 12.5. The standard InChI is InChI=1S/C15H13N3O5S/c1-7-11(15(20)21)6-17-13(7)5-10-9-4-8(24(16,22)23)2-3-12(9)18-14(10)19/h2-6,17H,1H3,(H,18,19)(H,20,21)(H2,16,22,23)/b10-5-. The van der Waals surface area contributed by atoms with Gasteiger partial charge in [-0.1, -0.05) is 0 Å². The minimum atomic E-state index is -3.91. The zero-order valence-corrected chi connectivity index (χ0v) is 13.3. The summed E-state index contributed by atoms with van der Waals surface area (Å²) < 4.78 is 23.0. The number of rotatable bonds is 3. The van der Waals surface area contributed by atoms with Crippen molar-refractivity contribution in [1.29, 1.82) is 0 Å². The van der Waals surface area contributed by atoms with Crippen LogP contribution in [0.25, 0.3) is 11.6 Å². The summed E-state index contributed by atoms with van der Waals surface area (Å²) >= 11 is 0. The van der Waals surface area contributed by atoms with Crippen molar-refractivity contribution in [3.05, 3.63) is 46.8 Å². The van der Waals surface area contributed by atoms with Gasteiger partial charge in [0.1, 0.15) is 0 Å². The van der Waals surface area contributed by atoms with Gasteiger partial charge in [-0.15, -0.1) is 0 Å². The molecule has 1 amide bonds. The van der Waals surface area contributed by atoms with Crippen LogP contribution in [0.1, 0.15) is 27.2 Å². The van der Waals surface area contributed by atoms with E-state index in [1.165, 1.54) is 30.5 Å². The van der Waals surface area contributed by atoms with Gasteiger partial charge in [0.2, 0.25) is 10.0 Å². The van der Waals surface area contributed by atoms with Crippen LogP contribution in [0.15, 0.2) is 29.3 Å². The van der Waals surface area contributed by atoms with Crippen LogP contribution in [-0.4, -0.2) is 30.4 Å². The molecule has 1 aliphatic rings. The Morgan fingerprint density at radius 1 is 1.33 bits per heavy atom. The molecule has 0 spiro atoms. The lowest BCUT2D eigenvalue weighted by molar-refractivity contribution is -0.110. The summed E-state index contributed by atoms with van der Waals surface area (Å²) in [4.78, 5) is 25.9. The number of carbonyl (C=O) groups excluding carboxylic acids is 1. The van der Waals surface area contributed by atoms with Crippen molar-refractivity contribution < 1.29 is 23.1 Å². The highest BCUT2D eigenvalue weighted by Crippen LogP contribution is 2.35. The van der Waals surface area contributed by atoms with Gasteiger partial charge in [-0.3, -0.25) is 4.79 Å². The fraction of sp³-hybridized carbons (Fsp3) is 0.0667. The van der Waals surface area contributed by atoms with E-state index in [0.717, 1.165) is 0 Å². The van der Waals surface area contributed by atoms with Crippen LogP contribution in [0.2, 0.25) is 0 Å². The molecule has 2 heterocycles. The molecular formula is C15H13N3O5S. The van der Waals surface area contributed by atoms with Gasteiger partial charge in [0.05, 0.1) is 16.0 Å². The number of sulfonamides is 1. The number of nitrogens with one attached hydrogen (secondary N) is 2. The number of aromatic amines is 1. The molecule has 0 saturated heterocycles. The predicted molar refractivity (Wildman–Crippen MR) is 86.8 cm³/mol. The first kappa shape index (κ1) is 16.0. The first-order valence-corrected chi connectivity index (χ1v) is 8.34. The van der Waals surface area contributed by atoms with Gasteiger partial charge in [0.25, 0.3) is 5.91 Å². The molecule has 1 aliphatic heterocycles. The number of benzene rings is 1. The molecule has 5 N–H and O–H groups in total. The molecule has 9 heteroatoms. The van der Waals surface area contributed by atoms with Crippen LogP contribution in [0.5, 0.6) is 0 Å². The molecule has 2 aromatic rings. The number of aromatic nitrogens is 1. The topological polar surface area (TPSA) is 142 Å². The molecule has 0 bridgehead atoms. The summed E-state index contributed by atoms with van der Waals surface area (Å²) in [6.07, 6.45) is 2.81. The molecule has 1 aromatic carbocycles. The Bertz CT molecular complexity index is 1020. The average Bonchev–Trinajstić information content (AvgIpc) is 2.99. The molecule has 0 atom stereocenters. The van der Waals surface area contributed by atoms with Crippen LogP contribution in [0.4, 0.5) is 5.69 Å². The lowest BCUT2D eigenvalue weighted by Crippen LogP contribution is -2.12. The lowest BCUT2D eigenvalue weighted by Gasteiger charge is -2.02. The average molecular weight is 347 g/mol. The number of aromatic carboxylic acids is 1. The van der Waals surface area contributed by atoms with E-state index in [4.69, 9.17) is 10.2 Å². The van der Waals surface area contributed by atoms with Crippen LogP contribution < -0.4 is 10.5 Å². The molecule has 0 saturated carbocycles. The summed E-state index contributed by atoms with van der Waals surface area (Å²) in [5.41, 5.74) is 2.08. The zero-order chi connectivity index (χ0) is 17.6. The van der Waals surface area contributed by atoms with E-state index in [0.29, 0.717) is 22.5 Å². The minimum absolute atomic E-state index is 0.0961. The fourth-order valence-corrected chi connectivity index (χ4v) is 3.06. The summed E-state index contributed by atoms with van der Waals surface area (Å²) in [6, 6.07) is 4.07. The third kappa shape index (κ3) is 2.59. The Morgan fingerprint density at radius 2 is 2.04 bits per heavy atom. The normalized spacial score (nSPS) is 15.4. The second-order valence-corrected chi connectivity index (χ2v) is 6.87. The number of primary sulfonamides is 1. The van der Waals surface area contributed by atoms with E-state index in [-0.39, 0.29) is 16.0 Å². The number of H-pyrrole nitrogens is 1. The van der Waals surface area contributed by atoms with Gasteiger partial charge in [-0.2, -0.15) is 0 Å². The van der Waals surface area contributed by atoms with Crippen molar-refractivity contribution in [3.63, 3.8) is 0 Å². The van der Waals surface area contributed by atoms with Crippen LogP contribution >= 0.6 is 0 Å². The molecule has 3 rings (SSSR count). The predicted octanol–water partition coefficient (Wildman–Crippen LogP) is 1.16. The van der Waals surface area contributed by atoms with Gasteiger partial charge in [0.15, 0.2) is 0 Å². The summed E-state index contributed by atoms with van der Waals surface area (Å²) in [6.45, 7) is 1.61. The Balaban J connectivity index is 2.14. The van der Waals surface area contributed by atoms with Crippen molar-refractivity contribution in [2.45, 2.75) is 11.8 Å². The number of hydrogen-bond donors (Lipinski definition) is 4. The van der Waals surface area contributed by atoms with Crippen molar-refractivity contribution in [3.8, 4) is 0 Å². The highest BCUT2D eigenvalue weighted by atomic mass is 32.2. The first-order valence-electron chi connectivity index (χ1n) is 6.80. The van der Waals surface area contributed by atoms with Crippen molar-refractivity contribution in [2.24, 2.45) is 5.14 Å². The number of hydrogen-bond acceptors (Lipinski definition) is 4. The second-order valence-electron chi connectivity index (χ2n) is 5.31. The van der Waals surface area contributed by atoms with Crippen molar-refractivity contribution in [1.82, 2.24) is 4.98 Å². The van der Waals surface area contributed by atoms with Crippen LogP contribution in [0, 0.1) is 6.92 Å². The Hall–Kier alpha value is -2.91. The smallest absolute Gasteiger partial charge is 0.337 e. The number of carboxylic acid groups (broad SMARTS) is 1. The molecule has 0 aliphatic carbocycles. The monoisotopic (exact) mass is 347 g/mol. The van der Waals surface area contributed by atoms with Crippen LogP contribution in [0.3, 0.4) is 0 Å². The summed E-state index contributed by atoms with van der Waals surface area (Å²) in [5, 5.41) is 16.8. The Labute approximate surface area is 137 Å². The summed E-state index contributed by atoms with van der Waals surface area (Å²) in [5.74, 6) is -1.50. The maximum Gasteiger partial charge on any atom is 0.337 e. The van der Waals surface area contributed by atoms with E-state index in [2.05, 4.69) is 10.3 Å². The van der Waals surface area contributed by atoms with Crippen LogP contribution in [-0.2, 0) is 14.8 Å². The molecule has 0 radical (unpaired) electrons. The number of carboxylic acids is 1. The molecule has 0 unspecified atom stereocenters. The first-order chi connectivity index (χ1) is 11.2. The molecule has 124 valence electrons. The van der Waals surface area contributed by atoms with E-state index < -0.39 is 21.9 Å². The Kier molecular flexibility index (Phi) is 3.54. The highest BCUT2D eigenvalue weighted by molar-refractivity contribution is 7.89. The van der Waals surface area contributed by atoms with E-state index in [1.807, 2.05) is 0 Å². The fourth-order valence-electron chi connectivity index (χ4n) is 2.52. The largest absolute Gasteiger partial charge is 0.478 e. The van der Waals surface area contributed by atoms with E-state index in [1.54, 1.807) is 6.92 Å². The summed E-state index contributed by atoms with van der Waals surface area (Å²) in [7, 11) is -3.91. The SMILES string of the molecule is Cc1c(C(=O)O)c[nH]c1/C=C1\C(=O)Nc2ccc(S(N)(=O)=O)cc21. The molecule has 0 fully saturated rings. The third-order valence-electron chi connectivity index (χ3n) is 3.80. The molecule has 8 nitrogen and oxygen atoms in total. The van der Waals surface area contributed by atoms with Crippen molar-refractivity contribution in [2.75, 3.05) is 5.32 Å². The molecule has 1 aromatic heterocycles. The number of carbonyl (C=O) groups is 2. The van der Waals surface area contributed by atoms with Crippen molar-refractivity contribution >= 4 is 39.2 Å². The highest BCUT2D eigenvalue weighted by Gasteiger charge is 2.26. The number of nitrogens with two attached hydrogens (primary N) is 1. The number of fused-ring (bicyclic) bond motifs is 1. The van der Waals surface area contributed by atoms with Gasteiger partial charge in [0, 0.05) is 23.1 Å². The maximum absolute atomic E-state index is 12.2. The quantitative estimate of drug-likeness (QED) is 0.616. The number of anilines is 1. The van der Waals surface area contributed by atoms with Gasteiger partial charge >= 0.3 is 5.97 Å². The maximum atomic E-state index is 12.2. The Morgan fingerprint density at radius 3 is 2.62 bits per heavy atom. The van der Waals surface area contributed by atoms with E-state index in [9.17, 15) is 18.0 Å². The van der Waals surface area contributed by atoms with E-state index >= 15 is 0 Å². The molecular weight excluding hydrogens is 334 g/mol. The van der Waals surface area contributed by atoms with Gasteiger partial charge in [-0.25, -0.2) is 18.4 Å². The second kappa shape index (κ2) is 5.32. The lowest BCUT2D eigenvalue weighted by atomic mass is 10.0. The third-order valence-corrected chi connectivity index (χ3v) is 4.71. The van der Waals surface area contributed by atoms with Gasteiger partial charge in [-0.05, 0) is 36.8 Å².